The van der Waals surface area contributed by atoms with Crippen LogP contribution in [0.2, 0.25) is 0 Å². The van der Waals surface area contributed by atoms with Gasteiger partial charge in [-0.3, -0.25) is 4.98 Å². The van der Waals surface area contributed by atoms with Crippen LogP contribution in [0.4, 0.5) is 15.9 Å². The number of likely N-dealkylation sites (tertiary alicyclic amines) is 1. The molecule has 0 radical (unpaired) electrons. The molecule has 0 bridgehead atoms. The van der Waals surface area contributed by atoms with E-state index in [1.54, 1.807) is 12.4 Å². The molecule has 3 aliphatic rings. The number of benzene rings is 1. The molecule has 1 saturated carbocycles. The van der Waals surface area contributed by atoms with Crippen LogP contribution in [-0.4, -0.2) is 83.4 Å². The van der Waals surface area contributed by atoms with Crippen LogP contribution >= 0.6 is 0 Å². The zero-order chi connectivity index (χ0) is 25.9. The summed E-state index contributed by atoms with van der Waals surface area (Å²) in [5, 5.41) is 3.29. The van der Waals surface area contributed by atoms with Crippen molar-refractivity contribution < 1.29 is 13.9 Å². The number of ether oxygens (including phenoxy) is 2. The highest BCUT2D eigenvalue weighted by Crippen LogP contribution is 2.35. The predicted octanol–water partition coefficient (Wildman–Crippen LogP) is 3.69. The number of rotatable bonds is 7. The lowest BCUT2D eigenvalue weighted by molar-refractivity contribution is 0.122. The average Bonchev–Trinajstić information content (AvgIpc) is 3.36. The first kappa shape index (κ1) is 25.2. The van der Waals surface area contributed by atoms with Crippen LogP contribution in [0.15, 0.2) is 30.9 Å². The van der Waals surface area contributed by atoms with Crippen LogP contribution in [0.25, 0.3) is 11.0 Å². The number of nitrogens with one attached hydrogen (secondary N) is 1. The van der Waals surface area contributed by atoms with Crippen molar-refractivity contribution in [1.82, 2.24) is 24.8 Å². The van der Waals surface area contributed by atoms with Crippen molar-refractivity contribution in [1.29, 1.82) is 0 Å². The lowest BCUT2D eigenvalue weighted by Crippen LogP contribution is -2.36. The Hall–Kier alpha value is -3.11. The van der Waals surface area contributed by atoms with Gasteiger partial charge in [-0.15, -0.1) is 0 Å². The van der Waals surface area contributed by atoms with Gasteiger partial charge in [0.2, 0.25) is 0 Å². The Morgan fingerprint density at radius 1 is 1.00 bits per heavy atom. The van der Waals surface area contributed by atoms with Crippen LogP contribution in [0.1, 0.15) is 37.8 Å². The minimum absolute atomic E-state index is 0.100. The normalized spacial score (nSPS) is 24.6. The summed E-state index contributed by atoms with van der Waals surface area (Å²) in [6.45, 7) is 5.07. The van der Waals surface area contributed by atoms with Gasteiger partial charge in [0.15, 0.2) is 11.6 Å². The summed E-state index contributed by atoms with van der Waals surface area (Å²) in [5.74, 6) is 1.20. The highest BCUT2D eigenvalue weighted by atomic mass is 19.1. The molecule has 1 aromatic carbocycles. The van der Waals surface area contributed by atoms with Crippen molar-refractivity contribution in [2.24, 2.45) is 5.92 Å². The van der Waals surface area contributed by atoms with Gasteiger partial charge in [0.05, 0.1) is 30.5 Å². The maximum atomic E-state index is 15.2. The minimum Gasteiger partial charge on any atom is -0.488 e. The molecule has 0 amide bonds. The van der Waals surface area contributed by atoms with Gasteiger partial charge in [0.25, 0.3) is 0 Å². The second-order valence-corrected chi connectivity index (χ2v) is 10.8. The van der Waals surface area contributed by atoms with Gasteiger partial charge in [-0.2, -0.15) is 0 Å². The van der Waals surface area contributed by atoms with Gasteiger partial charge in [-0.05, 0) is 64.1 Å². The Bertz CT molecular complexity index is 1250. The van der Waals surface area contributed by atoms with E-state index in [-0.39, 0.29) is 18.0 Å². The number of halogens is 1. The monoisotopic (exact) mass is 521 g/mol. The molecule has 4 heterocycles. The smallest absolute Gasteiger partial charge is 0.186 e. The molecule has 3 aromatic rings. The van der Waals surface area contributed by atoms with Crippen molar-refractivity contribution in [2.75, 3.05) is 56.7 Å². The molecule has 1 unspecified atom stereocenters. The van der Waals surface area contributed by atoms with Gasteiger partial charge >= 0.3 is 0 Å². The van der Waals surface area contributed by atoms with E-state index in [2.05, 4.69) is 54.2 Å². The molecule has 3 fully saturated rings. The molecule has 0 spiro atoms. The Morgan fingerprint density at radius 2 is 1.82 bits per heavy atom. The number of fused-ring (bicyclic) bond motifs is 1. The molecule has 2 aliphatic heterocycles. The first-order valence-electron chi connectivity index (χ1n) is 13.8. The zero-order valence-corrected chi connectivity index (χ0v) is 22.0. The molecule has 9 nitrogen and oxygen atoms in total. The van der Waals surface area contributed by atoms with E-state index in [0.717, 1.165) is 94.0 Å². The summed E-state index contributed by atoms with van der Waals surface area (Å²) >= 11 is 0. The SMILES string of the molecule is CN1CCC(Nc2ncnc(CC3CCC(Oc4cc(N5CCOCC5)cc5nccnc45)CC3)c2F)C1. The zero-order valence-electron chi connectivity index (χ0n) is 22.0. The molecular formula is C28H36FN7O2. The second-order valence-electron chi connectivity index (χ2n) is 10.8. The summed E-state index contributed by atoms with van der Waals surface area (Å²) in [4.78, 5) is 22.2. The molecule has 10 heteroatoms. The number of likely N-dealkylation sites (N-methyl/N-ethyl adjacent to an activating group) is 1. The standard InChI is InChI=1S/C28H36FN7O2/c1-35-9-6-20(17-35)34-28-26(29)23(32-18-33-28)14-19-2-4-22(5-3-19)38-25-16-21(36-10-12-37-13-11-36)15-24-27(25)31-8-7-30-24/h7-8,15-16,18-20,22H,2-6,9-14,17H2,1H3,(H,32,33,34). The molecule has 1 aliphatic carbocycles. The number of morpholine rings is 1. The summed E-state index contributed by atoms with van der Waals surface area (Å²) in [6, 6.07) is 4.41. The Balaban J connectivity index is 1.09. The molecule has 202 valence electrons. The van der Waals surface area contributed by atoms with E-state index in [1.807, 2.05) is 0 Å². The third kappa shape index (κ3) is 5.66. The van der Waals surface area contributed by atoms with Crippen molar-refractivity contribution >= 4 is 22.5 Å². The number of aromatic nitrogens is 4. The third-order valence-corrected chi connectivity index (χ3v) is 8.06. The minimum atomic E-state index is -0.301. The van der Waals surface area contributed by atoms with Crippen LogP contribution in [0.5, 0.6) is 5.75 Å². The number of anilines is 2. The number of hydrogen-bond acceptors (Lipinski definition) is 9. The lowest BCUT2D eigenvalue weighted by atomic mass is 9.84. The van der Waals surface area contributed by atoms with Gasteiger partial charge in [0, 0.05) is 49.8 Å². The largest absolute Gasteiger partial charge is 0.488 e. The quantitative estimate of drug-likeness (QED) is 0.500. The fourth-order valence-corrected chi connectivity index (χ4v) is 5.92. The van der Waals surface area contributed by atoms with E-state index in [0.29, 0.717) is 23.9 Å². The van der Waals surface area contributed by atoms with Crippen LogP contribution < -0.4 is 15.0 Å². The van der Waals surface area contributed by atoms with E-state index < -0.39 is 0 Å². The number of hydrogen-bond donors (Lipinski definition) is 1. The van der Waals surface area contributed by atoms with Crippen LogP contribution in [0.3, 0.4) is 0 Å². The molecule has 1 atom stereocenters. The fourth-order valence-electron chi connectivity index (χ4n) is 5.92. The summed E-state index contributed by atoms with van der Waals surface area (Å²) in [6.07, 6.45) is 10.4. The van der Waals surface area contributed by atoms with Crippen LogP contribution in [0, 0.1) is 11.7 Å². The van der Waals surface area contributed by atoms with E-state index in [1.165, 1.54) is 6.33 Å². The molecule has 2 saturated heterocycles. The second kappa shape index (κ2) is 11.3. The van der Waals surface area contributed by atoms with Crippen molar-refractivity contribution in [3.8, 4) is 5.75 Å². The summed E-state index contributed by atoms with van der Waals surface area (Å²) in [5.41, 5.74) is 3.24. The molecule has 1 N–H and O–H groups in total. The highest BCUT2D eigenvalue weighted by molar-refractivity contribution is 5.85. The first-order chi connectivity index (χ1) is 18.6. The van der Waals surface area contributed by atoms with Gasteiger partial charge in [0.1, 0.15) is 17.6 Å². The maximum absolute atomic E-state index is 15.2. The Kier molecular flexibility index (Phi) is 7.51. The topological polar surface area (TPSA) is 88.5 Å². The molecular weight excluding hydrogens is 485 g/mol. The van der Waals surface area contributed by atoms with Gasteiger partial charge < -0.3 is 24.6 Å². The Labute approximate surface area is 222 Å². The average molecular weight is 522 g/mol. The first-order valence-corrected chi connectivity index (χ1v) is 13.8. The predicted molar refractivity (Wildman–Crippen MR) is 144 cm³/mol. The van der Waals surface area contributed by atoms with Crippen molar-refractivity contribution in [3.05, 3.63) is 42.4 Å². The van der Waals surface area contributed by atoms with E-state index in [9.17, 15) is 0 Å². The van der Waals surface area contributed by atoms with E-state index in [4.69, 9.17) is 9.47 Å². The molecule has 2 aromatic heterocycles. The van der Waals surface area contributed by atoms with Gasteiger partial charge in [-0.25, -0.2) is 19.3 Å². The third-order valence-electron chi connectivity index (χ3n) is 8.06. The fraction of sp³-hybridized carbons (Fsp3) is 0.571. The number of nitrogens with zero attached hydrogens (tertiary/aromatic N) is 6. The van der Waals surface area contributed by atoms with Crippen molar-refractivity contribution in [2.45, 2.75) is 50.7 Å². The van der Waals surface area contributed by atoms with Crippen LogP contribution in [-0.2, 0) is 11.2 Å². The maximum Gasteiger partial charge on any atom is 0.186 e. The lowest BCUT2D eigenvalue weighted by Gasteiger charge is -2.31. The highest BCUT2D eigenvalue weighted by Gasteiger charge is 2.27. The summed E-state index contributed by atoms with van der Waals surface area (Å²) in [7, 11) is 2.08. The summed E-state index contributed by atoms with van der Waals surface area (Å²) < 4.78 is 27.3. The van der Waals surface area contributed by atoms with Crippen molar-refractivity contribution in [3.63, 3.8) is 0 Å². The molecule has 38 heavy (non-hydrogen) atoms. The Morgan fingerprint density at radius 3 is 2.61 bits per heavy atom. The van der Waals surface area contributed by atoms with Gasteiger partial charge in [-0.1, -0.05) is 0 Å². The molecule has 6 rings (SSSR count). The van der Waals surface area contributed by atoms with E-state index >= 15 is 4.39 Å².